The van der Waals surface area contributed by atoms with E-state index in [0.29, 0.717) is 18.6 Å². The molecule has 2 rings (SSSR count). The van der Waals surface area contributed by atoms with Crippen LogP contribution in [0.5, 0.6) is 0 Å². The molecule has 22 heavy (non-hydrogen) atoms. The Bertz CT molecular complexity index is 559. The smallest absolute Gasteiger partial charge is 0.192 e. The van der Waals surface area contributed by atoms with Gasteiger partial charge in [0.15, 0.2) is 14.1 Å². The van der Waals surface area contributed by atoms with Crippen molar-refractivity contribution < 1.29 is 14.0 Å². The van der Waals surface area contributed by atoms with Crippen LogP contribution >= 0.6 is 0 Å². The minimum Gasteiger partial charge on any atom is -0.416 e. The number of ketones is 1. The van der Waals surface area contributed by atoms with Crippen LogP contribution in [-0.2, 0) is 9.22 Å². The quantitative estimate of drug-likeness (QED) is 0.450. The minimum absolute atomic E-state index is 0.0616. The third-order valence-corrected chi connectivity index (χ3v) is 9.71. The summed E-state index contributed by atoms with van der Waals surface area (Å²) >= 11 is 0. The zero-order chi connectivity index (χ0) is 16.6. The van der Waals surface area contributed by atoms with Gasteiger partial charge in [-0.1, -0.05) is 51.1 Å². The Morgan fingerprint density at radius 2 is 1.91 bits per heavy atom. The first-order valence-corrected chi connectivity index (χ1v) is 10.7. The topological polar surface area (TPSA) is 43.4 Å². The summed E-state index contributed by atoms with van der Waals surface area (Å²) in [5.74, 6) is -0.163. The lowest BCUT2D eigenvalue weighted by molar-refractivity contribution is -0.113. The molecule has 4 heteroatoms. The van der Waals surface area contributed by atoms with E-state index in [9.17, 15) is 9.59 Å². The van der Waals surface area contributed by atoms with E-state index in [2.05, 4.69) is 33.9 Å². The maximum Gasteiger partial charge on any atom is 0.192 e. The highest BCUT2D eigenvalue weighted by atomic mass is 28.4. The highest BCUT2D eigenvalue weighted by Crippen LogP contribution is 2.53. The average Bonchev–Trinajstić information content (AvgIpc) is 3.19. The summed E-state index contributed by atoms with van der Waals surface area (Å²) in [6.45, 7) is 11.2. The zero-order valence-corrected chi connectivity index (χ0v) is 15.2. The first-order chi connectivity index (χ1) is 10.1. The van der Waals surface area contributed by atoms with E-state index in [1.807, 2.05) is 30.3 Å². The van der Waals surface area contributed by atoms with Gasteiger partial charge in [-0.3, -0.25) is 4.79 Å². The summed E-state index contributed by atoms with van der Waals surface area (Å²) < 4.78 is 6.18. The van der Waals surface area contributed by atoms with Crippen LogP contribution in [0.1, 0.15) is 37.6 Å². The molecule has 0 N–H and O–H groups in total. The molecule has 1 saturated carbocycles. The van der Waals surface area contributed by atoms with Crippen LogP contribution in [0.25, 0.3) is 0 Å². The van der Waals surface area contributed by atoms with E-state index in [1.54, 1.807) is 0 Å². The summed E-state index contributed by atoms with van der Waals surface area (Å²) in [7, 11) is -1.90. The Morgan fingerprint density at radius 1 is 1.32 bits per heavy atom. The summed E-state index contributed by atoms with van der Waals surface area (Å²) in [5.41, 5.74) is 0.0752. The molecule has 0 aliphatic heterocycles. The summed E-state index contributed by atoms with van der Waals surface area (Å²) in [5, 5.41) is 0.102. The standard InChI is InChI=1S/C18H26O3Si/c1-17(2,3)22(4,5)21-13-18(12-19)11-15(18)16(20)14-9-7-6-8-10-14/h6-10,12,15H,11,13H2,1-5H3/t15-,18-/m1/s1. The van der Waals surface area contributed by atoms with E-state index in [4.69, 9.17) is 4.43 Å². The van der Waals surface area contributed by atoms with Gasteiger partial charge in [0.1, 0.15) is 6.29 Å². The van der Waals surface area contributed by atoms with Crippen molar-refractivity contribution in [1.82, 2.24) is 0 Å². The third-order valence-electron chi connectivity index (χ3n) is 5.24. The normalized spacial score (nSPS) is 24.9. The molecule has 0 amide bonds. The van der Waals surface area contributed by atoms with Gasteiger partial charge < -0.3 is 9.22 Å². The average molecular weight is 318 g/mol. The number of Topliss-reactive ketones (excluding diaryl/α,β-unsaturated/α-hetero) is 1. The van der Waals surface area contributed by atoms with Crippen LogP contribution in [0, 0.1) is 11.3 Å². The molecule has 0 spiro atoms. The van der Waals surface area contributed by atoms with Crippen molar-refractivity contribution in [2.45, 2.75) is 45.3 Å². The lowest BCUT2D eigenvalue weighted by Gasteiger charge is -2.37. The summed E-state index contributed by atoms with van der Waals surface area (Å²) in [6.07, 6.45) is 1.55. The van der Waals surface area contributed by atoms with Gasteiger partial charge in [0.25, 0.3) is 0 Å². The number of carbonyl (C=O) groups excluding carboxylic acids is 2. The zero-order valence-electron chi connectivity index (χ0n) is 14.2. The minimum atomic E-state index is -1.90. The van der Waals surface area contributed by atoms with Gasteiger partial charge in [0.05, 0.1) is 5.41 Å². The van der Waals surface area contributed by atoms with Crippen molar-refractivity contribution in [3.63, 3.8) is 0 Å². The van der Waals surface area contributed by atoms with Crippen LogP contribution in [-0.4, -0.2) is 27.0 Å². The number of carbonyl (C=O) groups is 2. The van der Waals surface area contributed by atoms with Crippen molar-refractivity contribution in [2.24, 2.45) is 11.3 Å². The van der Waals surface area contributed by atoms with Crippen molar-refractivity contribution >= 4 is 20.4 Å². The number of hydrogen-bond acceptors (Lipinski definition) is 3. The van der Waals surface area contributed by atoms with Crippen molar-refractivity contribution in [2.75, 3.05) is 6.61 Å². The van der Waals surface area contributed by atoms with E-state index >= 15 is 0 Å². The Labute approximate surface area is 134 Å². The molecule has 0 heterocycles. The maximum absolute atomic E-state index is 12.5. The van der Waals surface area contributed by atoms with Gasteiger partial charge in [-0.15, -0.1) is 0 Å². The fraction of sp³-hybridized carbons (Fsp3) is 0.556. The Balaban J connectivity index is 2.05. The highest BCUT2D eigenvalue weighted by molar-refractivity contribution is 6.74. The predicted octanol–water partition coefficient (Wildman–Crippen LogP) is 4.10. The van der Waals surface area contributed by atoms with E-state index in [0.717, 1.165) is 6.29 Å². The molecule has 1 aromatic rings. The largest absolute Gasteiger partial charge is 0.416 e. The van der Waals surface area contributed by atoms with Crippen molar-refractivity contribution in [3.8, 4) is 0 Å². The summed E-state index contributed by atoms with van der Waals surface area (Å²) in [6, 6.07) is 9.21. The molecular weight excluding hydrogens is 292 g/mol. The number of rotatable bonds is 6. The molecule has 1 aliphatic rings. The van der Waals surface area contributed by atoms with E-state index in [1.165, 1.54) is 0 Å². The van der Waals surface area contributed by atoms with Crippen molar-refractivity contribution in [1.29, 1.82) is 0 Å². The number of aldehydes is 1. The Morgan fingerprint density at radius 3 is 2.41 bits per heavy atom. The van der Waals surface area contributed by atoms with Crippen LogP contribution in [0.2, 0.25) is 18.1 Å². The molecule has 0 aromatic heterocycles. The number of benzene rings is 1. The fourth-order valence-corrected chi connectivity index (χ4v) is 3.40. The third kappa shape index (κ3) is 3.23. The molecule has 120 valence electrons. The molecule has 0 radical (unpaired) electrons. The second-order valence-electron chi connectivity index (χ2n) is 7.89. The Hall–Kier alpha value is -1.26. The second-order valence-corrected chi connectivity index (χ2v) is 12.7. The van der Waals surface area contributed by atoms with Crippen LogP contribution in [0.15, 0.2) is 30.3 Å². The van der Waals surface area contributed by atoms with Crippen LogP contribution < -0.4 is 0 Å². The van der Waals surface area contributed by atoms with Crippen LogP contribution in [0.3, 0.4) is 0 Å². The van der Waals surface area contributed by atoms with Gasteiger partial charge in [0.2, 0.25) is 0 Å². The van der Waals surface area contributed by atoms with E-state index < -0.39 is 13.7 Å². The molecule has 0 unspecified atom stereocenters. The first kappa shape index (κ1) is 17.1. The summed E-state index contributed by atoms with van der Waals surface area (Å²) in [4.78, 5) is 24.1. The lowest BCUT2D eigenvalue weighted by Crippen LogP contribution is -2.42. The highest BCUT2D eigenvalue weighted by Gasteiger charge is 2.59. The van der Waals surface area contributed by atoms with Gasteiger partial charge in [-0.2, -0.15) is 0 Å². The molecular formula is C18H26O3Si. The monoisotopic (exact) mass is 318 g/mol. The second kappa shape index (κ2) is 5.74. The Kier molecular flexibility index (Phi) is 4.46. The van der Waals surface area contributed by atoms with Gasteiger partial charge in [-0.05, 0) is 24.6 Å². The fourth-order valence-electron chi connectivity index (χ4n) is 2.33. The van der Waals surface area contributed by atoms with Gasteiger partial charge in [0, 0.05) is 18.1 Å². The molecule has 0 saturated heterocycles. The first-order valence-electron chi connectivity index (χ1n) is 7.82. The number of hydrogen-bond donors (Lipinski definition) is 0. The molecule has 3 nitrogen and oxygen atoms in total. The predicted molar refractivity (Wildman–Crippen MR) is 90.5 cm³/mol. The van der Waals surface area contributed by atoms with Crippen molar-refractivity contribution in [3.05, 3.63) is 35.9 Å². The molecule has 2 atom stereocenters. The molecule has 1 aliphatic carbocycles. The van der Waals surface area contributed by atoms with Gasteiger partial charge in [-0.25, -0.2) is 0 Å². The lowest BCUT2D eigenvalue weighted by atomic mass is 10.0. The SMILES string of the molecule is CC(C)(C)[Si](C)(C)OC[C@]1(C=O)C[C@@H]1C(=O)c1ccccc1. The molecule has 1 fully saturated rings. The molecule has 1 aromatic carbocycles. The molecule has 0 bridgehead atoms. The maximum atomic E-state index is 12.5. The van der Waals surface area contributed by atoms with Crippen LogP contribution in [0.4, 0.5) is 0 Å². The van der Waals surface area contributed by atoms with Gasteiger partial charge >= 0.3 is 0 Å². The van der Waals surface area contributed by atoms with E-state index in [-0.39, 0.29) is 16.7 Å².